The number of carbonyl (C=O) groups excluding carboxylic acids is 1. The Kier molecular flexibility index (Phi) is 6.16. The quantitative estimate of drug-likeness (QED) is 0.558. The average Bonchev–Trinajstić information content (AvgIpc) is 3.38. The first-order valence-corrected chi connectivity index (χ1v) is 10.8. The van der Waals surface area contributed by atoms with Crippen LogP contribution in [0.4, 0.5) is 5.69 Å². The molecule has 3 aromatic rings. The van der Waals surface area contributed by atoms with Gasteiger partial charge < -0.3 is 19.0 Å². The molecule has 1 atom stereocenters. The van der Waals surface area contributed by atoms with E-state index in [9.17, 15) is 4.79 Å². The molecular weight excluding hydrogens is 439 g/mol. The van der Waals surface area contributed by atoms with Crippen molar-refractivity contribution >= 4 is 34.8 Å². The minimum Gasteiger partial charge on any atom is -0.495 e. The molecule has 0 spiro atoms. The van der Waals surface area contributed by atoms with Crippen molar-refractivity contribution < 1.29 is 13.9 Å². The number of amides is 1. The highest BCUT2D eigenvalue weighted by Gasteiger charge is 2.29. The number of rotatable bonds is 5. The van der Waals surface area contributed by atoms with Crippen LogP contribution in [0.25, 0.3) is 11.5 Å². The Hall–Kier alpha value is -2.64. The molecule has 1 aliphatic heterocycles. The molecule has 0 aliphatic carbocycles. The zero-order valence-corrected chi connectivity index (χ0v) is 19.2. The van der Waals surface area contributed by atoms with Gasteiger partial charge in [-0.3, -0.25) is 9.48 Å². The van der Waals surface area contributed by atoms with Gasteiger partial charge in [-0.15, -0.1) is 0 Å². The van der Waals surface area contributed by atoms with Gasteiger partial charge in [0, 0.05) is 37.4 Å². The maximum Gasteiger partial charge on any atom is 0.244 e. The topological polar surface area (TPSA) is 63.7 Å². The Bertz CT molecular complexity index is 1080. The first kappa shape index (κ1) is 21.6. The summed E-state index contributed by atoms with van der Waals surface area (Å²) < 4.78 is 12.4. The molecule has 7 nitrogen and oxygen atoms in total. The van der Waals surface area contributed by atoms with Gasteiger partial charge in [0.1, 0.15) is 18.0 Å². The van der Waals surface area contributed by atoms with Crippen LogP contribution in [0, 0.1) is 6.92 Å². The molecule has 1 fully saturated rings. The van der Waals surface area contributed by atoms with Crippen LogP contribution in [0.1, 0.15) is 12.6 Å². The molecule has 1 aliphatic rings. The number of piperazine rings is 1. The van der Waals surface area contributed by atoms with Crippen LogP contribution in [0.5, 0.6) is 5.75 Å². The van der Waals surface area contributed by atoms with E-state index in [4.69, 9.17) is 32.4 Å². The Morgan fingerprint density at radius 3 is 2.77 bits per heavy atom. The lowest BCUT2D eigenvalue weighted by molar-refractivity contribution is -0.134. The standard InChI is InChI=1S/C22H24Cl2N4O3/c1-14-12-26(16-6-7-17(23)19(11-16)30-3)8-9-27(14)20(29)13-28-15(2)21(24)22(25-28)18-5-4-10-31-18/h4-7,10-11,14H,8-9,12-13H2,1-3H3/t14-/m0/s1. The predicted molar refractivity (Wildman–Crippen MR) is 121 cm³/mol. The van der Waals surface area contributed by atoms with Gasteiger partial charge >= 0.3 is 0 Å². The molecule has 1 saturated heterocycles. The number of hydrogen-bond donors (Lipinski definition) is 0. The summed E-state index contributed by atoms with van der Waals surface area (Å²) in [7, 11) is 1.60. The van der Waals surface area contributed by atoms with Crippen LogP contribution in [-0.4, -0.2) is 53.4 Å². The van der Waals surface area contributed by atoms with Gasteiger partial charge in [0.05, 0.1) is 29.1 Å². The Balaban J connectivity index is 1.45. The summed E-state index contributed by atoms with van der Waals surface area (Å²) in [6.07, 6.45) is 1.57. The van der Waals surface area contributed by atoms with Gasteiger partial charge in [0.15, 0.2) is 5.76 Å². The van der Waals surface area contributed by atoms with E-state index >= 15 is 0 Å². The summed E-state index contributed by atoms with van der Waals surface area (Å²) in [6, 6.07) is 9.35. The van der Waals surface area contributed by atoms with Crippen LogP contribution >= 0.6 is 23.2 Å². The van der Waals surface area contributed by atoms with E-state index < -0.39 is 0 Å². The van der Waals surface area contributed by atoms with Gasteiger partial charge in [0.2, 0.25) is 5.91 Å². The fraction of sp³-hybridized carbons (Fsp3) is 0.364. The van der Waals surface area contributed by atoms with E-state index in [-0.39, 0.29) is 18.5 Å². The maximum absolute atomic E-state index is 13.1. The predicted octanol–water partition coefficient (Wildman–Crippen LogP) is 4.50. The number of methoxy groups -OCH3 is 1. The van der Waals surface area contributed by atoms with Crippen LogP contribution < -0.4 is 9.64 Å². The van der Waals surface area contributed by atoms with Crippen molar-refractivity contribution in [1.29, 1.82) is 0 Å². The van der Waals surface area contributed by atoms with E-state index in [0.717, 1.165) is 17.9 Å². The van der Waals surface area contributed by atoms with E-state index in [1.165, 1.54) is 0 Å². The molecule has 0 unspecified atom stereocenters. The SMILES string of the molecule is COc1cc(N2CCN(C(=O)Cn3nc(-c4ccco4)c(Cl)c3C)[C@@H](C)C2)ccc1Cl. The zero-order valence-electron chi connectivity index (χ0n) is 17.6. The molecule has 1 amide bonds. The molecule has 1 aromatic carbocycles. The molecule has 9 heteroatoms. The molecule has 0 N–H and O–H groups in total. The number of ether oxygens (including phenoxy) is 1. The summed E-state index contributed by atoms with van der Waals surface area (Å²) in [5.41, 5.74) is 2.31. The van der Waals surface area contributed by atoms with Gasteiger partial charge in [-0.2, -0.15) is 5.10 Å². The molecule has 31 heavy (non-hydrogen) atoms. The number of anilines is 1. The third kappa shape index (κ3) is 4.25. The number of aromatic nitrogens is 2. The second-order valence-electron chi connectivity index (χ2n) is 7.58. The Morgan fingerprint density at radius 2 is 2.10 bits per heavy atom. The lowest BCUT2D eigenvalue weighted by Crippen LogP contribution is -2.54. The number of nitrogens with zero attached hydrogens (tertiary/aromatic N) is 4. The molecule has 2 aromatic heterocycles. The minimum atomic E-state index is 0.00842. The first-order chi connectivity index (χ1) is 14.9. The lowest BCUT2D eigenvalue weighted by atomic mass is 10.1. The Morgan fingerprint density at radius 1 is 1.29 bits per heavy atom. The largest absolute Gasteiger partial charge is 0.495 e. The third-order valence-electron chi connectivity index (χ3n) is 5.62. The summed E-state index contributed by atoms with van der Waals surface area (Å²) in [6.45, 7) is 6.08. The van der Waals surface area contributed by atoms with Crippen molar-refractivity contribution in [3.05, 3.63) is 52.3 Å². The minimum absolute atomic E-state index is 0.00842. The average molecular weight is 463 g/mol. The van der Waals surface area contributed by atoms with E-state index in [1.54, 1.807) is 30.2 Å². The van der Waals surface area contributed by atoms with Crippen molar-refractivity contribution in [2.75, 3.05) is 31.6 Å². The number of furan rings is 1. The zero-order chi connectivity index (χ0) is 22.1. The van der Waals surface area contributed by atoms with Crippen LogP contribution in [0.2, 0.25) is 10.0 Å². The lowest BCUT2D eigenvalue weighted by Gasteiger charge is -2.41. The van der Waals surface area contributed by atoms with Crippen molar-refractivity contribution in [3.63, 3.8) is 0 Å². The van der Waals surface area contributed by atoms with Gasteiger partial charge in [-0.25, -0.2) is 0 Å². The number of hydrogen-bond acceptors (Lipinski definition) is 5. The van der Waals surface area contributed by atoms with Crippen LogP contribution in [0.15, 0.2) is 41.0 Å². The van der Waals surface area contributed by atoms with Crippen molar-refractivity contribution in [2.24, 2.45) is 0 Å². The summed E-state index contributed by atoms with van der Waals surface area (Å²) in [5, 5.41) is 5.58. The molecule has 0 radical (unpaired) electrons. The number of carbonyl (C=O) groups is 1. The van der Waals surface area contributed by atoms with E-state index in [2.05, 4.69) is 16.9 Å². The van der Waals surface area contributed by atoms with E-state index in [0.29, 0.717) is 40.3 Å². The van der Waals surface area contributed by atoms with Gasteiger partial charge in [-0.05, 0) is 38.1 Å². The summed E-state index contributed by atoms with van der Waals surface area (Å²) in [4.78, 5) is 17.2. The van der Waals surface area contributed by atoms with Gasteiger partial charge in [-0.1, -0.05) is 23.2 Å². The molecule has 0 bridgehead atoms. The first-order valence-electron chi connectivity index (χ1n) is 10.0. The van der Waals surface area contributed by atoms with Crippen LogP contribution in [0.3, 0.4) is 0 Å². The van der Waals surface area contributed by atoms with Crippen molar-refractivity contribution in [1.82, 2.24) is 14.7 Å². The highest BCUT2D eigenvalue weighted by atomic mass is 35.5. The second kappa shape index (κ2) is 8.85. The molecule has 0 saturated carbocycles. The fourth-order valence-electron chi connectivity index (χ4n) is 3.88. The smallest absolute Gasteiger partial charge is 0.244 e. The Labute approximate surface area is 191 Å². The number of benzene rings is 1. The molecule has 164 valence electrons. The highest BCUT2D eigenvalue weighted by Crippen LogP contribution is 2.31. The molecule has 4 rings (SSSR count). The van der Waals surface area contributed by atoms with Crippen LogP contribution in [-0.2, 0) is 11.3 Å². The summed E-state index contributed by atoms with van der Waals surface area (Å²) >= 11 is 12.6. The fourth-order valence-corrected chi connectivity index (χ4v) is 4.30. The molecular formula is C22H24Cl2N4O3. The van der Waals surface area contributed by atoms with Crippen molar-refractivity contribution in [3.8, 4) is 17.2 Å². The molecule has 3 heterocycles. The van der Waals surface area contributed by atoms with Gasteiger partial charge in [0.25, 0.3) is 0 Å². The normalized spacial score (nSPS) is 16.6. The van der Waals surface area contributed by atoms with Crippen molar-refractivity contribution in [2.45, 2.75) is 26.4 Å². The summed E-state index contributed by atoms with van der Waals surface area (Å²) in [5.74, 6) is 1.23. The number of halogens is 2. The second-order valence-corrected chi connectivity index (χ2v) is 8.37. The maximum atomic E-state index is 13.1. The monoisotopic (exact) mass is 462 g/mol. The highest BCUT2D eigenvalue weighted by molar-refractivity contribution is 6.33. The van der Waals surface area contributed by atoms with E-state index in [1.807, 2.05) is 30.0 Å². The third-order valence-corrected chi connectivity index (χ3v) is 6.39.